The van der Waals surface area contributed by atoms with Gasteiger partial charge in [0.25, 0.3) is 0 Å². The van der Waals surface area contributed by atoms with Gasteiger partial charge in [-0.3, -0.25) is 9.76 Å². The normalized spacial score (nSPS) is 22.7. The molecule has 6 fully saturated rings. The van der Waals surface area contributed by atoms with Crippen molar-refractivity contribution in [3.05, 3.63) is 30.0 Å². The molecule has 446 valence electrons. The number of amides is 6. The predicted octanol–water partition coefficient (Wildman–Crippen LogP) is 7.36. The molecule has 0 saturated carbocycles. The highest BCUT2D eigenvalue weighted by atomic mass is 32.3. The van der Waals surface area contributed by atoms with E-state index < -0.39 is 44.9 Å². The molecule has 3 aromatic rings. The fourth-order valence-corrected chi connectivity index (χ4v) is 14.7. The first-order chi connectivity index (χ1) is 37.7. The minimum absolute atomic E-state index is 0.00555. The second kappa shape index (κ2) is 29.9. The maximum absolute atomic E-state index is 12.3. The van der Waals surface area contributed by atoms with Gasteiger partial charge >= 0.3 is 28.5 Å². The van der Waals surface area contributed by atoms with Crippen LogP contribution in [0, 0.1) is 0 Å². The second-order valence-corrected chi connectivity index (χ2v) is 26.1. The van der Waals surface area contributed by atoms with Gasteiger partial charge in [0.1, 0.15) is 30.0 Å². The van der Waals surface area contributed by atoms with E-state index in [0.29, 0.717) is 68.4 Å². The monoisotopic (exact) mass is 1210 g/mol. The molecule has 26 nitrogen and oxygen atoms in total. The third-order valence-corrected chi connectivity index (χ3v) is 18.8. The van der Waals surface area contributed by atoms with Crippen molar-refractivity contribution in [2.75, 3.05) is 52.4 Å². The molecule has 9 heterocycles. The SMILES string of the molecule is CCCC[N+](CCCC)(CCCC)CCCC.CCCc1nnc([C@@H]2CC[C@@H]3CN2C(=O)N3O)s1.CCCc1nnc([C@@H]2CC[C@@H]3CN2C(=O)N3OS(=O)(=O)[O-])s1.NCCc1nnc([C@@H]2CC[C@@H]3CN2C(=O)N3OS(=O)(=O)O)s1. The highest BCUT2D eigenvalue weighted by molar-refractivity contribution is 7.81. The topological polar surface area (TPSA) is 324 Å². The van der Waals surface area contributed by atoms with Gasteiger partial charge in [-0.2, -0.15) is 22.8 Å². The summed E-state index contributed by atoms with van der Waals surface area (Å²) in [7, 11) is -9.69. The van der Waals surface area contributed by atoms with Crippen LogP contribution >= 0.6 is 34.0 Å². The number of quaternary nitrogens is 1. The third-order valence-electron chi connectivity index (χ3n) is 14.9. The lowest BCUT2D eigenvalue weighted by atomic mass is 10.0. The van der Waals surface area contributed by atoms with Crippen molar-refractivity contribution >= 4 is 72.9 Å². The molecule has 0 spiro atoms. The molecule has 3 aromatic heterocycles. The average Bonchev–Trinajstić information content (AvgIpc) is 4.51. The molecule has 0 aromatic carbocycles. The summed E-state index contributed by atoms with van der Waals surface area (Å²) in [6.45, 7) is 20.9. The minimum atomic E-state index is -4.96. The number of rotatable bonds is 25. The molecule has 6 aliphatic heterocycles. The van der Waals surface area contributed by atoms with Crippen molar-refractivity contribution in [1.29, 1.82) is 0 Å². The van der Waals surface area contributed by atoms with Crippen molar-refractivity contribution in [2.45, 2.75) is 200 Å². The first-order valence-corrected chi connectivity index (χ1v) is 33.2. The molecule has 0 aliphatic carbocycles. The van der Waals surface area contributed by atoms with Crippen LogP contribution in [0.5, 0.6) is 0 Å². The highest BCUT2D eigenvalue weighted by Crippen LogP contribution is 2.42. The van der Waals surface area contributed by atoms with Gasteiger partial charge in [0.15, 0.2) is 0 Å². The molecule has 0 radical (unpaired) electrons. The molecular weight excluding hydrogens is 1120 g/mol. The summed E-state index contributed by atoms with van der Waals surface area (Å²) in [5.41, 5.74) is 5.48. The molecule has 6 amide bonds. The van der Waals surface area contributed by atoms with E-state index in [2.05, 4.69) is 80.7 Å². The fraction of sp³-hybridized carbons (Fsp3) is 0.812. The Hall–Kier alpha value is -3.89. The lowest BCUT2D eigenvalue weighted by Gasteiger charge is -2.39. The summed E-state index contributed by atoms with van der Waals surface area (Å²) in [5.74, 6) is 0. The van der Waals surface area contributed by atoms with Crippen LogP contribution in [0.2, 0.25) is 0 Å². The number of aryl methyl sites for hydroxylation is 2. The number of hydrogen-bond acceptors (Lipinski definition) is 21. The molecule has 0 unspecified atom stereocenters. The van der Waals surface area contributed by atoms with E-state index in [0.717, 1.165) is 73.7 Å². The van der Waals surface area contributed by atoms with E-state index >= 15 is 0 Å². The van der Waals surface area contributed by atoms with Gasteiger partial charge in [-0.15, -0.1) is 34.9 Å². The average molecular weight is 1210 g/mol. The number of hydrogen-bond donors (Lipinski definition) is 3. The van der Waals surface area contributed by atoms with Crippen molar-refractivity contribution in [3.8, 4) is 0 Å². The van der Waals surface area contributed by atoms with E-state index in [-0.39, 0.29) is 30.2 Å². The number of fused-ring (bicyclic) bond motifs is 6. The summed E-state index contributed by atoms with van der Waals surface area (Å²) >= 11 is 4.45. The minimum Gasteiger partial charge on any atom is -0.724 e. The van der Waals surface area contributed by atoms with Crippen LogP contribution < -0.4 is 5.73 Å². The van der Waals surface area contributed by atoms with Crippen LogP contribution in [-0.2, 0) is 48.6 Å². The Morgan fingerprint density at radius 3 is 1.25 bits per heavy atom. The van der Waals surface area contributed by atoms with Crippen LogP contribution in [0.4, 0.5) is 14.4 Å². The van der Waals surface area contributed by atoms with E-state index in [9.17, 15) is 41.0 Å². The zero-order chi connectivity index (χ0) is 57.5. The predicted molar refractivity (Wildman–Crippen MR) is 294 cm³/mol. The van der Waals surface area contributed by atoms with Crippen molar-refractivity contribution in [1.82, 2.24) is 60.5 Å². The fourth-order valence-electron chi connectivity index (χ4n) is 10.8. The number of piperidine rings is 3. The molecule has 6 saturated heterocycles. The van der Waals surface area contributed by atoms with Crippen LogP contribution in [0.3, 0.4) is 0 Å². The molecular formula is C48H82N14O12S5. The second-order valence-electron chi connectivity index (χ2n) is 20.8. The van der Waals surface area contributed by atoms with Gasteiger partial charge in [0.05, 0.1) is 62.4 Å². The summed E-state index contributed by atoms with van der Waals surface area (Å²) in [6.07, 6.45) is 19.5. The van der Waals surface area contributed by atoms with Crippen LogP contribution in [0.25, 0.3) is 0 Å². The van der Waals surface area contributed by atoms with Crippen molar-refractivity contribution in [3.63, 3.8) is 0 Å². The van der Waals surface area contributed by atoms with Crippen molar-refractivity contribution < 1.29 is 58.6 Å². The van der Waals surface area contributed by atoms with Crippen LogP contribution in [-0.4, -0.2) is 185 Å². The summed E-state index contributed by atoms with van der Waals surface area (Å²) in [5, 5.41) is 41.7. The smallest absolute Gasteiger partial charge is 0.418 e. The first kappa shape index (κ1) is 64.3. The van der Waals surface area contributed by atoms with Gasteiger partial charge in [-0.1, -0.05) is 101 Å². The van der Waals surface area contributed by atoms with Crippen LogP contribution in [0.1, 0.15) is 192 Å². The molecule has 79 heavy (non-hydrogen) atoms. The highest BCUT2D eigenvalue weighted by Gasteiger charge is 2.50. The molecule has 6 aliphatic rings. The van der Waals surface area contributed by atoms with Crippen molar-refractivity contribution in [2.24, 2.45) is 5.73 Å². The Kier molecular flexibility index (Phi) is 24.3. The van der Waals surface area contributed by atoms with Gasteiger partial charge in [0, 0.05) is 38.9 Å². The van der Waals surface area contributed by atoms with Gasteiger partial charge in [-0.25, -0.2) is 27.9 Å². The van der Waals surface area contributed by atoms with E-state index in [1.807, 2.05) is 0 Å². The Balaban J connectivity index is 0.000000171. The lowest BCUT2D eigenvalue weighted by Crippen LogP contribution is -2.50. The summed E-state index contributed by atoms with van der Waals surface area (Å²) in [6, 6.07) is -2.88. The Labute approximate surface area is 477 Å². The zero-order valence-electron chi connectivity index (χ0n) is 46.5. The Morgan fingerprint density at radius 1 is 0.544 bits per heavy atom. The molecule has 6 bridgehead atoms. The Bertz CT molecular complexity index is 2490. The summed E-state index contributed by atoms with van der Waals surface area (Å²) in [4.78, 5) is 41.1. The quantitative estimate of drug-likeness (QED) is 0.0323. The molecule has 6 atom stereocenters. The van der Waals surface area contributed by atoms with E-state index in [1.54, 1.807) is 16.2 Å². The molecule has 31 heteroatoms. The van der Waals surface area contributed by atoms with Crippen LogP contribution in [0.15, 0.2) is 0 Å². The lowest BCUT2D eigenvalue weighted by molar-refractivity contribution is -0.929. The standard InChI is InChI=1S/C16H36N.C11H16N4O5S2.C11H16N4O2S.C10H15N5O5S2/c1-5-9-13-17(14-10-6-2,15-11-7-3)16-12-8-4;1-2-3-9-12-13-10(21-9)8-5-4-7-6-14(8)11(16)15(7)20-22(17,18)19;1-2-3-9-12-13-10(18-9)8-5-4-7-6-14(8)11(16)15(7)17;11-4-3-8-12-13-9(21-8)7-2-1-6-5-14(7)10(16)15(6)20-22(17,18)19/h5-16H2,1-4H3;7-8H,2-6H2,1H3,(H,17,18,19);7-8,17H,2-6H2,1H3;6-7H,1-5,11H2,(H,17,18,19)/q+1;;;/p-1/t;2*7-,8+;6-,7+/m.111/s1. The number of hydroxylamine groups is 6. The Morgan fingerprint density at radius 2 is 0.899 bits per heavy atom. The van der Waals surface area contributed by atoms with Gasteiger partial charge in [-0.05, 0) is 83.6 Å². The number of unbranched alkanes of at least 4 members (excludes halogenated alkanes) is 4. The summed E-state index contributed by atoms with van der Waals surface area (Å²) < 4.78 is 72.7. The van der Waals surface area contributed by atoms with E-state index in [4.69, 9.17) is 10.3 Å². The zero-order valence-corrected chi connectivity index (χ0v) is 50.5. The largest absolute Gasteiger partial charge is 0.724 e. The number of nitrogens with zero attached hydrogens (tertiary/aromatic N) is 13. The number of urea groups is 3. The number of nitrogens with two attached hydrogens (primary N) is 1. The van der Waals surface area contributed by atoms with Gasteiger partial charge in [0.2, 0.25) is 10.4 Å². The number of aromatic nitrogens is 6. The molecule has 4 N–H and O–H groups in total. The maximum atomic E-state index is 12.3. The number of carbonyl (C=O) groups is 3. The first-order valence-electron chi connectivity index (χ1n) is 28.0. The molecule has 9 rings (SSSR count). The third kappa shape index (κ3) is 17.3. The van der Waals surface area contributed by atoms with E-state index in [1.165, 1.54) is 115 Å². The number of carbonyl (C=O) groups excluding carboxylic acids is 3. The maximum Gasteiger partial charge on any atom is 0.418 e. The van der Waals surface area contributed by atoms with Gasteiger partial charge < -0.3 is 29.5 Å².